The van der Waals surface area contributed by atoms with Crippen molar-refractivity contribution < 1.29 is 15.1 Å². The molecule has 2 aromatic rings. The normalized spacial score (nSPS) is 10.5. The predicted molar refractivity (Wildman–Crippen MR) is 109 cm³/mol. The van der Waals surface area contributed by atoms with Gasteiger partial charge in [-0.3, -0.25) is 0 Å². The van der Waals surface area contributed by atoms with Crippen LogP contribution in [0.1, 0.15) is 56.2 Å². The van der Waals surface area contributed by atoms with Crippen LogP contribution in [0.5, 0.6) is 0 Å². The van der Waals surface area contributed by atoms with Crippen LogP contribution in [0.15, 0.2) is 42.5 Å². The number of aryl methyl sites for hydroxylation is 1. The van der Waals surface area contributed by atoms with E-state index in [1.807, 2.05) is 31.2 Å². The van der Waals surface area contributed by atoms with E-state index in [0.717, 1.165) is 11.0 Å². The van der Waals surface area contributed by atoms with E-state index < -0.39 is 7.12 Å². The fourth-order valence-corrected chi connectivity index (χ4v) is 2.67. The number of rotatable bonds is 4. The van der Waals surface area contributed by atoms with Crippen LogP contribution in [0.4, 0.5) is 0 Å². The highest BCUT2D eigenvalue weighted by atomic mass is 16.4. The molecule has 0 aliphatic rings. The van der Waals surface area contributed by atoms with Gasteiger partial charge in [0.2, 0.25) is 0 Å². The minimum Gasteiger partial charge on any atom is -0.447 e. The number of benzene rings is 2. The lowest BCUT2D eigenvalue weighted by molar-refractivity contribution is 0.425. The highest BCUT2D eigenvalue weighted by Gasteiger charge is 2.12. The molecule has 0 radical (unpaired) electrons. The maximum atomic E-state index is 9.25. The van der Waals surface area contributed by atoms with Gasteiger partial charge < -0.3 is 15.1 Å². The Labute approximate surface area is 153 Å². The minimum atomic E-state index is -1.36. The fraction of sp³-hybridized carbons (Fsp3) is 0.400. The molecule has 0 atom stereocenters. The molecule has 2 rings (SSSR count). The molecule has 0 heterocycles. The average molecular weight is 340 g/mol. The highest BCUT2D eigenvalue weighted by molar-refractivity contribution is 6.64. The average Bonchev–Trinajstić information content (AvgIpc) is 2.54. The van der Waals surface area contributed by atoms with Gasteiger partial charge in [-0.25, -0.2) is 0 Å². The standard InChI is InChI=1S/C10H15BO2.C10H15BO/c1-7(2)10-5-4-9(11(12)13)6-8(10)3;1-8(2)9-4-6-10(7-5-9)11(3)12/h4-7,12-13H,1-3H3;4-8,12H,1-3H3. The number of hydrogen-bond acceptors (Lipinski definition) is 3. The van der Waals surface area contributed by atoms with Crippen LogP contribution >= 0.6 is 0 Å². The van der Waals surface area contributed by atoms with Gasteiger partial charge in [0.1, 0.15) is 0 Å². The molecule has 0 aromatic heterocycles. The summed E-state index contributed by atoms with van der Waals surface area (Å²) in [5, 5.41) is 27.1. The van der Waals surface area contributed by atoms with Gasteiger partial charge in [0.05, 0.1) is 0 Å². The molecule has 0 spiro atoms. The summed E-state index contributed by atoms with van der Waals surface area (Å²) >= 11 is 0. The third kappa shape index (κ3) is 6.69. The van der Waals surface area contributed by atoms with Gasteiger partial charge in [-0.15, -0.1) is 0 Å². The topological polar surface area (TPSA) is 60.7 Å². The lowest BCUT2D eigenvalue weighted by Gasteiger charge is -2.10. The first kappa shape index (κ1) is 21.5. The summed E-state index contributed by atoms with van der Waals surface area (Å²) in [6.07, 6.45) is 0. The lowest BCUT2D eigenvalue weighted by atomic mass is 9.64. The second kappa shape index (κ2) is 9.81. The molecule has 0 saturated heterocycles. The minimum absolute atomic E-state index is 0.355. The molecule has 0 bridgehead atoms. The summed E-state index contributed by atoms with van der Waals surface area (Å²) in [5.41, 5.74) is 5.23. The van der Waals surface area contributed by atoms with Crippen molar-refractivity contribution in [3.63, 3.8) is 0 Å². The molecule has 25 heavy (non-hydrogen) atoms. The van der Waals surface area contributed by atoms with Crippen LogP contribution in [-0.4, -0.2) is 29.1 Å². The molecular formula is C20H30B2O3. The Hall–Kier alpha value is -1.55. The Morgan fingerprint density at radius 2 is 1.28 bits per heavy atom. The third-order valence-electron chi connectivity index (χ3n) is 4.30. The van der Waals surface area contributed by atoms with Crippen molar-refractivity contribution in [1.82, 2.24) is 0 Å². The largest absolute Gasteiger partial charge is 0.488 e. The van der Waals surface area contributed by atoms with Gasteiger partial charge in [-0.05, 0) is 46.4 Å². The molecule has 0 aliphatic heterocycles. The van der Waals surface area contributed by atoms with E-state index in [2.05, 4.69) is 39.8 Å². The molecule has 0 amide bonds. The molecule has 0 aliphatic carbocycles. The Kier molecular flexibility index (Phi) is 8.43. The van der Waals surface area contributed by atoms with Crippen molar-refractivity contribution in [3.8, 4) is 0 Å². The first-order chi connectivity index (χ1) is 11.6. The number of hydrogen-bond donors (Lipinski definition) is 3. The summed E-state index contributed by atoms with van der Waals surface area (Å²) in [6.45, 7) is 12.0. The van der Waals surface area contributed by atoms with Gasteiger partial charge in [0, 0.05) is 0 Å². The molecular weight excluding hydrogens is 310 g/mol. The van der Waals surface area contributed by atoms with E-state index in [0.29, 0.717) is 17.3 Å². The predicted octanol–water partition coefficient (Wildman–Crippen LogP) is 2.43. The van der Waals surface area contributed by atoms with E-state index in [-0.39, 0.29) is 6.92 Å². The van der Waals surface area contributed by atoms with Gasteiger partial charge in [-0.2, -0.15) is 0 Å². The summed E-state index contributed by atoms with van der Waals surface area (Å²) in [5.74, 6) is 1.04. The molecule has 3 N–H and O–H groups in total. The first-order valence-electron chi connectivity index (χ1n) is 8.88. The molecule has 0 unspecified atom stereocenters. The Bertz CT molecular complexity index is 623. The molecule has 0 fully saturated rings. The zero-order valence-corrected chi connectivity index (χ0v) is 16.2. The van der Waals surface area contributed by atoms with Crippen LogP contribution in [0.25, 0.3) is 0 Å². The van der Waals surface area contributed by atoms with E-state index in [9.17, 15) is 5.02 Å². The summed E-state index contributed by atoms with van der Waals surface area (Å²) < 4.78 is 0. The Morgan fingerprint density at radius 1 is 0.760 bits per heavy atom. The van der Waals surface area contributed by atoms with Gasteiger partial charge in [0.25, 0.3) is 0 Å². The van der Waals surface area contributed by atoms with Gasteiger partial charge in [0.15, 0.2) is 0 Å². The van der Waals surface area contributed by atoms with Crippen LogP contribution in [0.3, 0.4) is 0 Å². The second-order valence-electron chi connectivity index (χ2n) is 7.14. The van der Waals surface area contributed by atoms with E-state index >= 15 is 0 Å². The monoisotopic (exact) mass is 340 g/mol. The van der Waals surface area contributed by atoms with Crippen LogP contribution in [-0.2, 0) is 0 Å². The summed E-state index contributed by atoms with van der Waals surface area (Å²) in [6, 6.07) is 13.7. The van der Waals surface area contributed by atoms with E-state index in [1.54, 1.807) is 12.9 Å². The van der Waals surface area contributed by atoms with Crippen molar-refractivity contribution >= 4 is 25.0 Å². The Balaban J connectivity index is 0.000000251. The second-order valence-corrected chi connectivity index (χ2v) is 7.14. The fourth-order valence-electron chi connectivity index (χ4n) is 2.67. The van der Waals surface area contributed by atoms with Crippen molar-refractivity contribution in [1.29, 1.82) is 0 Å². The maximum absolute atomic E-state index is 9.25. The van der Waals surface area contributed by atoms with Crippen molar-refractivity contribution in [2.45, 2.75) is 53.3 Å². The van der Waals surface area contributed by atoms with Crippen molar-refractivity contribution in [3.05, 3.63) is 59.2 Å². The van der Waals surface area contributed by atoms with Crippen molar-refractivity contribution in [2.75, 3.05) is 0 Å². The SMILES string of the molecule is CB(O)c1ccc(C(C)C)cc1.Cc1cc(B(O)O)ccc1C(C)C. The maximum Gasteiger partial charge on any atom is 0.488 e. The van der Waals surface area contributed by atoms with E-state index in [4.69, 9.17) is 10.0 Å². The molecule has 3 nitrogen and oxygen atoms in total. The summed E-state index contributed by atoms with van der Waals surface area (Å²) in [4.78, 5) is 0. The highest BCUT2D eigenvalue weighted by Crippen LogP contribution is 2.17. The Morgan fingerprint density at radius 3 is 1.64 bits per heavy atom. The zero-order valence-electron chi connectivity index (χ0n) is 16.2. The van der Waals surface area contributed by atoms with Crippen LogP contribution in [0, 0.1) is 6.92 Å². The lowest BCUT2D eigenvalue weighted by Crippen LogP contribution is -2.30. The molecule has 134 valence electrons. The third-order valence-corrected chi connectivity index (χ3v) is 4.30. The van der Waals surface area contributed by atoms with Crippen LogP contribution in [0.2, 0.25) is 6.82 Å². The van der Waals surface area contributed by atoms with Gasteiger partial charge in [-0.1, -0.05) is 77.0 Å². The first-order valence-corrected chi connectivity index (χ1v) is 8.88. The summed E-state index contributed by atoms with van der Waals surface area (Å²) in [7, 11) is -1.36. The van der Waals surface area contributed by atoms with E-state index in [1.165, 1.54) is 11.1 Å². The zero-order chi connectivity index (χ0) is 19.1. The molecule has 0 saturated carbocycles. The molecule has 2 aromatic carbocycles. The quantitative estimate of drug-likeness (QED) is 0.750. The van der Waals surface area contributed by atoms with Crippen molar-refractivity contribution in [2.24, 2.45) is 0 Å². The van der Waals surface area contributed by atoms with Crippen LogP contribution < -0.4 is 10.9 Å². The van der Waals surface area contributed by atoms with Gasteiger partial charge >= 0.3 is 14.0 Å². The molecule has 5 heteroatoms. The smallest absolute Gasteiger partial charge is 0.447 e.